The fraction of sp³-hybridized carbons (Fsp3) is 0.296. The summed E-state index contributed by atoms with van der Waals surface area (Å²) < 4.78 is 5.56. The van der Waals surface area contributed by atoms with Gasteiger partial charge in [0.15, 0.2) is 12.2 Å². The number of carbonyl (C=O) groups excluding carboxylic acids is 2. The first kappa shape index (κ1) is 21.5. The van der Waals surface area contributed by atoms with Crippen LogP contribution in [0.25, 0.3) is 10.8 Å². The number of likely N-dealkylation sites (N-methyl/N-ethyl adjacent to an activating group) is 1. The van der Waals surface area contributed by atoms with Gasteiger partial charge in [0.05, 0.1) is 13.2 Å². The number of carbonyl (C=O) groups is 2. The molecule has 3 amide bonds. The van der Waals surface area contributed by atoms with Crippen molar-refractivity contribution in [3.63, 3.8) is 0 Å². The van der Waals surface area contributed by atoms with Gasteiger partial charge in [0.1, 0.15) is 5.75 Å². The molecule has 2 atom stereocenters. The van der Waals surface area contributed by atoms with E-state index < -0.39 is 12.2 Å². The van der Waals surface area contributed by atoms with E-state index >= 15 is 0 Å². The number of fused-ring (bicyclic) bond motifs is 4. The smallest absolute Gasteiger partial charge is 0.328 e. The van der Waals surface area contributed by atoms with E-state index in [0.29, 0.717) is 13.2 Å². The Labute approximate surface area is 204 Å². The van der Waals surface area contributed by atoms with Crippen LogP contribution in [0.4, 0.5) is 10.5 Å². The van der Waals surface area contributed by atoms with E-state index in [0.717, 1.165) is 40.3 Å². The van der Waals surface area contributed by atoms with Crippen molar-refractivity contribution in [1.82, 2.24) is 14.7 Å². The average molecular weight is 470 g/mol. The summed E-state index contributed by atoms with van der Waals surface area (Å²) in [5, 5.41) is 2.14. The zero-order valence-corrected chi connectivity index (χ0v) is 19.8. The lowest BCUT2D eigenvalue weighted by molar-refractivity contribution is -0.137. The molecule has 0 aliphatic carbocycles. The van der Waals surface area contributed by atoms with Crippen molar-refractivity contribution in [3.05, 3.63) is 72.3 Å². The lowest BCUT2D eigenvalue weighted by Crippen LogP contribution is -2.64. The Kier molecular flexibility index (Phi) is 5.09. The second-order valence-corrected chi connectivity index (χ2v) is 9.02. The second-order valence-electron chi connectivity index (χ2n) is 9.02. The van der Waals surface area contributed by atoms with Gasteiger partial charge in [0.2, 0.25) is 5.96 Å². The molecule has 0 saturated carbocycles. The van der Waals surface area contributed by atoms with Gasteiger partial charge in [-0.05, 0) is 47.5 Å². The molecular formula is C27H27N5O3. The fourth-order valence-electron chi connectivity index (χ4n) is 5.32. The molecule has 3 heterocycles. The van der Waals surface area contributed by atoms with E-state index in [1.807, 2.05) is 78.6 Å². The second kappa shape index (κ2) is 8.30. The van der Waals surface area contributed by atoms with Crippen LogP contribution in [0.2, 0.25) is 0 Å². The number of nitrogens with zero attached hydrogens (tertiary/aromatic N) is 5. The molecular weight excluding hydrogens is 442 g/mol. The van der Waals surface area contributed by atoms with Crippen LogP contribution in [-0.2, 0) is 11.3 Å². The molecule has 0 radical (unpaired) electrons. The number of hydrogen-bond acceptors (Lipinski definition) is 6. The highest BCUT2D eigenvalue weighted by molar-refractivity contribution is 6.08. The van der Waals surface area contributed by atoms with Crippen molar-refractivity contribution in [1.29, 1.82) is 0 Å². The highest BCUT2D eigenvalue weighted by Gasteiger charge is 2.54. The summed E-state index contributed by atoms with van der Waals surface area (Å²) in [5.74, 6) is 1.36. The first-order valence-corrected chi connectivity index (χ1v) is 12.0. The number of benzene rings is 3. The third-order valence-electron chi connectivity index (χ3n) is 7.05. The van der Waals surface area contributed by atoms with E-state index in [1.165, 1.54) is 4.90 Å². The van der Waals surface area contributed by atoms with Gasteiger partial charge in [0.25, 0.3) is 5.91 Å². The predicted octanol–water partition coefficient (Wildman–Crippen LogP) is 3.52. The number of urea groups is 1. The van der Waals surface area contributed by atoms with Crippen LogP contribution < -0.4 is 9.64 Å². The summed E-state index contributed by atoms with van der Waals surface area (Å²) in [5.41, 5.74) is 1.94. The van der Waals surface area contributed by atoms with Gasteiger partial charge in [-0.1, -0.05) is 42.5 Å². The number of hydrogen-bond donors (Lipinski definition) is 0. The van der Waals surface area contributed by atoms with Crippen molar-refractivity contribution in [2.24, 2.45) is 4.99 Å². The number of imide groups is 1. The number of anilines is 1. The molecule has 0 bridgehead atoms. The minimum Gasteiger partial charge on any atom is -0.494 e. The fourth-order valence-corrected chi connectivity index (χ4v) is 5.32. The Morgan fingerprint density at radius 1 is 0.971 bits per heavy atom. The first-order chi connectivity index (χ1) is 17.1. The standard InChI is InChI=1S/C27H27N5O3/c1-3-35-21-13-11-20(12-14-21)30-15-16-31-23-24(28-26(30)31)29(2)27(34)32(25(23)33)17-19-9-6-8-18-7-4-5-10-22(18)19/h4-14,23-24H,3,15-17H2,1-2H3. The van der Waals surface area contributed by atoms with Gasteiger partial charge in [-0.15, -0.1) is 0 Å². The molecule has 3 aliphatic rings. The van der Waals surface area contributed by atoms with Gasteiger partial charge >= 0.3 is 6.03 Å². The minimum absolute atomic E-state index is 0.196. The summed E-state index contributed by atoms with van der Waals surface area (Å²) >= 11 is 0. The Hall–Kier alpha value is -4.07. The van der Waals surface area contributed by atoms with Crippen LogP contribution in [0.1, 0.15) is 12.5 Å². The lowest BCUT2D eigenvalue weighted by atomic mass is 10.0. The van der Waals surface area contributed by atoms with Gasteiger partial charge < -0.3 is 19.4 Å². The summed E-state index contributed by atoms with van der Waals surface area (Å²) in [6.07, 6.45) is -0.528. The van der Waals surface area contributed by atoms with Crippen LogP contribution in [0.5, 0.6) is 5.75 Å². The monoisotopic (exact) mass is 469 g/mol. The molecule has 178 valence electrons. The van der Waals surface area contributed by atoms with Crippen molar-refractivity contribution < 1.29 is 14.3 Å². The highest BCUT2D eigenvalue weighted by Crippen LogP contribution is 2.34. The Morgan fingerprint density at radius 2 is 1.74 bits per heavy atom. The summed E-state index contributed by atoms with van der Waals surface area (Å²) in [6, 6.07) is 21.1. The maximum absolute atomic E-state index is 13.7. The van der Waals surface area contributed by atoms with Crippen LogP contribution in [0.3, 0.4) is 0 Å². The topological polar surface area (TPSA) is 68.7 Å². The van der Waals surface area contributed by atoms with Gasteiger partial charge in [-0.2, -0.15) is 0 Å². The van der Waals surface area contributed by atoms with Gasteiger partial charge in [0, 0.05) is 25.8 Å². The van der Waals surface area contributed by atoms with Crippen molar-refractivity contribution >= 4 is 34.4 Å². The molecule has 35 heavy (non-hydrogen) atoms. The van der Waals surface area contributed by atoms with E-state index in [-0.39, 0.29) is 18.5 Å². The number of amides is 3. The molecule has 2 unspecified atom stereocenters. The lowest BCUT2D eigenvalue weighted by Gasteiger charge is -2.40. The van der Waals surface area contributed by atoms with E-state index in [4.69, 9.17) is 9.73 Å². The molecule has 3 aliphatic heterocycles. The number of rotatable bonds is 5. The zero-order valence-electron chi connectivity index (χ0n) is 19.8. The maximum Gasteiger partial charge on any atom is 0.328 e. The SMILES string of the molecule is CCOc1ccc(N2CCN3C2=NC2C3C(=O)N(Cc3cccc4ccccc34)C(=O)N2C)cc1. The maximum atomic E-state index is 13.7. The van der Waals surface area contributed by atoms with Crippen molar-refractivity contribution in [3.8, 4) is 5.75 Å². The molecule has 0 spiro atoms. The van der Waals surface area contributed by atoms with E-state index in [1.54, 1.807) is 11.9 Å². The van der Waals surface area contributed by atoms with Gasteiger partial charge in [-0.3, -0.25) is 9.69 Å². The number of ether oxygens (including phenoxy) is 1. The normalized spacial score (nSPS) is 21.5. The average Bonchev–Trinajstić information content (AvgIpc) is 3.46. The molecule has 8 nitrogen and oxygen atoms in total. The predicted molar refractivity (Wildman–Crippen MR) is 134 cm³/mol. The van der Waals surface area contributed by atoms with E-state index in [2.05, 4.69) is 4.90 Å². The Balaban J connectivity index is 1.28. The first-order valence-electron chi connectivity index (χ1n) is 12.0. The van der Waals surface area contributed by atoms with Gasteiger partial charge in [-0.25, -0.2) is 9.79 Å². The quantitative estimate of drug-likeness (QED) is 0.572. The summed E-state index contributed by atoms with van der Waals surface area (Å²) in [6.45, 7) is 4.20. The van der Waals surface area contributed by atoms with Crippen molar-refractivity contribution in [2.45, 2.75) is 25.7 Å². The molecule has 6 rings (SSSR count). The highest BCUT2D eigenvalue weighted by atomic mass is 16.5. The largest absolute Gasteiger partial charge is 0.494 e. The van der Waals surface area contributed by atoms with Crippen molar-refractivity contribution in [2.75, 3.05) is 31.6 Å². The van der Waals surface area contributed by atoms with Crippen LogP contribution in [0.15, 0.2) is 71.7 Å². The molecule has 0 N–H and O–H groups in total. The number of aliphatic imine (C=N–C) groups is 1. The third-order valence-corrected chi connectivity index (χ3v) is 7.05. The Bertz CT molecular complexity index is 1330. The Morgan fingerprint density at radius 3 is 2.54 bits per heavy atom. The molecule has 3 aromatic carbocycles. The zero-order chi connectivity index (χ0) is 24.1. The molecule has 2 fully saturated rings. The molecule has 3 aromatic rings. The molecule has 0 aromatic heterocycles. The summed E-state index contributed by atoms with van der Waals surface area (Å²) in [4.78, 5) is 39.0. The van der Waals surface area contributed by atoms with Crippen LogP contribution in [0, 0.1) is 0 Å². The van der Waals surface area contributed by atoms with Crippen LogP contribution in [-0.4, -0.2) is 71.5 Å². The van der Waals surface area contributed by atoms with Crippen LogP contribution >= 0.6 is 0 Å². The van der Waals surface area contributed by atoms with E-state index in [9.17, 15) is 9.59 Å². The molecule has 8 heteroatoms. The third kappa shape index (κ3) is 3.39. The molecule has 2 saturated heterocycles. The minimum atomic E-state index is -0.528. The number of guanidine groups is 1. The summed E-state index contributed by atoms with van der Waals surface area (Å²) in [7, 11) is 1.73.